The molecule has 1 aromatic heterocycles. The molecule has 5 aromatic carbocycles. The van der Waals surface area contributed by atoms with Crippen molar-refractivity contribution in [1.29, 1.82) is 0 Å². The van der Waals surface area contributed by atoms with Crippen molar-refractivity contribution in [2.45, 2.75) is 13.8 Å². The third kappa shape index (κ3) is 6.16. The van der Waals surface area contributed by atoms with Gasteiger partial charge in [0.1, 0.15) is 0 Å². The van der Waals surface area contributed by atoms with Crippen LogP contribution >= 0.6 is 0 Å². The average Bonchev–Trinajstić information content (AvgIpc) is 3.34. The summed E-state index contributed by atoms with van der Waals surface area (Å²) < 4.78 is 0. The molecule has 0 fully saturated rings. The van der Waals surface area contributed by atoms with Crippen LogP contribution in [-0.2, 0) is 25.9 Å². The molecule has 0 amide bonds. The third-order valence-electron chi connectivity index (χ3n) is 7.54. The van der Waals surface area contributed by atoms with Crippen molar-refractivity contribution in [3.63, 3.8) is 0 Å². The molecular formula is C38H29BNO2Pt-. The van der Waals surface area contributed by atoms with Crippen LogP contribution in [0.1, 0.15) is 13.8 Å². The number of aliphatic hydroxyl groups excluding tert-OH is 1. The van der Waals surface area contributed by atoms with Crippen LogP contribution in [0.25, 0.3) is 44.3 Å². The zero-order chi connectivity index (χ0) is 29.1. The first-order valence-corrected chi connectivity index (χ1v) is 14.0. The molecule has 43 heavy (non-hydrogen) atoms. The number of pyridine rings is 1. The molecule has 5 heteroatoms. The fourth-order valence-corrected chi connectivity index (χ4v) is 5.87. The van der Waals surface area contributed by atoms with Gasteiger partial charge in [-0.25, -0.2) is 0 Å². The zero-order valence-corrected chi connectivity index (χ0v) is 26.2. The smallest absolute Gasteiger partial charge is 0.182 e. The van der Waals surface area contributed by atoms with Crippen LogP contribution in [0, 0.1) is 6.07 Å². The SMILES string of the molecule is CC(=O)/C=C(/C)O.[Pt].[c-]1cc(-c2cccc3ccccc23)cc2c1-c1ncccc1B2c1ccccc1-c1ccccc1. The molecule has 0 saturated heterocycles. The Bertz CT molecular complexity index is 1940. The van der Waals surface area contributed by atoms with E-state index >= 15 is 0 Å². The molecule has 212 valence electrons. The van der Waals surface area contributed by atoms with Crippen molar-refractivity contribution >= 4 is 39.7 Å². The molecule has 0 atom stereocenters. The van der Waals surface area contributed by atoms with E-state index in [1.54, 1.807) is 0 Å². The Morgan fingerprint density at radius 3 is 2.19 bits per heavy atom. The Balaban J connectivity index is 0.000000415. The van der Waals surface area contributed by atoms with Gasteiger partial charge in [-0.3, -0.25) is 4.79 Å². The summed E-state index contributed by atoms with van der Waals surface area (Å²) in [5.41, 5.74) is 10.9. The van der Waals surface area contributed by atoms with Gasteiger partial charge in [0, 0.05) is 33.3 Å². The summed E-state index contributed by atoms with van der Waals surface area (Å²) in [4.78, 5) is 14.8. The van der Waals surface area contributed by atoms with E-state index in [0.29, 0.717) is 0 Å². The Morgan fingerprint density at radius 1 is 0.744 bits per heavy atom. The maximum Gasteiger partial charge on any atom is 0.182 e. The molecule has 2 heterocycles. The Hall–Kier alpha value is -4.53. The van der Waals surface area contributed by atoms with Gasteiger partial charge in [-0.05, 0) is 47.5 Å². The predicted octanol–water partition coefficient (Wildman–Crippen LogP) is 6.90. The fourth-order valence-electron chi connectivity index (χ4n) is 5.87. The molecule has 0 radical (unpaired) electrons. The molecule has 7 rings (SSSR count). The number of hydrogen-bond acceptors (Lipinski definition) is 3. The topological polar surface area (TPSA) is 50.2 Å². The van der Waals surface area contributed by atoms with Gasteiger partial charge in [-0.1, -0.05) is 125 Å². The number of carbonyl (C=O) groups excluding carboxylic acids is 1. The molecule has 1 aliphatic heterocycles. The van der Waals surface area contributed by atoms with Crippen LogP contribution in [0.2, 0.25) is 0 Å². The van der Waals surface area contributed by atoms with Gasteiger partial charge in [0.25, 0.3) is 0 Å². The van der Waals surface area contributed by atoms with Crippen molar-refractivity contribution in [2.24, 2.45) is 0 Å². The molecule has 0 saturated carbocycles. The number of rotatable bonds is 4. The second-order valence-electron chi connectivity index (χ2n) is 10.5. The van der Waals surface area contributed by atoms with Crippen LogP contribution < -0.4 is 16.4 Å². The second-order valence-corrected chi connectivity index (χ2v) is 10.5. The molecule has 1 N–H and O–H groups in total. The van der Waals surface area contributed by atoms with Gasteiger partial charge in [-0.2, -0.15) is 0 Å². The number of hydrogen-bond donors (Lipinski definition) is 1. The summed E-state index contributed by atoms with van der Waals surface area (Å²) in [5.74, 6) is -0.0625. The van der Waals surface area contributed by atoms with Crippen LogP contribution in [0.4, 0.5) is 0 Å². The Morgan fingerprint density at radius 2 is 1.42 bits per heavy atom. The van der Waals surface area contributed by atoms with Crippen LogP contribution in [0.15, 0.2) is 139 Å². The number of allylic oxidation sites excluding steroid dienone is 2. The third-order valence-corrected chi connectivity index (χ3v) is 7.54. The largest absolute Gasteiger partial charge is 0.512 e. The summed E-state index contributed by atoms with van der Waals surface area (Å²) in [6, 6.07) is 47.0. The predicted molar refractivity (Wildman–Crippen MR) is 175 cm³/mol. The quantitative estimate of drug-likeness (QED) is 0.0927. The van der Waals surface area contributed by atoms with Gasteiger partial charge in [0.15, 0.2) is 12.5 Å². The van der Waals surface area contributed by atoms with Gasteiger partial charge < -0.3 is 10.1 Å². The Labute approximate surface area is 267 Å². The summed E-state index contributed by atoms with van der Waals surface area (Å²) in [5, 5.41) is 10.9. The minimum atomic E-state index is -0.125. The van der Waals surface area contributed by atoms with Crippen molar-refractivity contribution in [2.75, 3.05) is 0 Å². The number of ketones is 1. The fraction of sp³-hybridized carbons (Fsp3) is 0.0526. The minimum Gasteiger partial charge on any atom is -0.512 e. The number of fused-ring (bicyclic) bond motifs is 4. The maximum atomic E-state index is 10.0. The molecular weight excluding hydrogens is 708 g/mol. The van der Waals surface area contributed by atoms with Gasteiger partial charge in [0.05, 0.1) is 5.76 Å². The molecule has 0 aliphatic carbocycles. The second kappa shape index (κ2) is 13.2. The van der Waals surface area contributed by atoms with Crippen LogP contribution in [-0.4, -0.2) is 22.6 Å². The number of aromatic nitrogens is 1. The molecule has 3 nitrogen and oxygen atoms in total. The summed E-state index contributed by atoms with van der Waals surface area (Å²) in [6.07, 6.45) is 3.06. The van der Waals surface area contributed by atoms with Crippen molar-refractivity contribution in [3.8, 4) is 33.5 Å². The number of carbonyl (C=O) groups is 1. The van der Waals surface area contributed by atoms with Crippen LogP contribution in [0.3, 0.4) is 0 Å². The Kier molecular flexibility index (Phi) is 9.19. The van der Waals surface area contributed by atoms with E-state index in [9.17, 15) is 4.79 Å². The summed E-state index contributed by atoms with van der Waals surface area (Å²) in [7, 11) is 0. The molecule has 6 aromatic rings. The van der Waals surface area contributed by atoms with E-state index in [2.05, 4.69) is 127 Å². The first-order valence-electron chi connectivity index (χ1n) is 14.0. The van der Waals surface area contributed by atoms with Crippen molar-refractivity contribution < 1.29 is 31.0 Å². The molecule has 0 unspecified atom stereocenters. The van der Waals surface area contributed by atoms with E-state index in [1.807, 2.05) is 6.20 Å². The van der Waals surface area contributed by atoms with Gasteiger partial charge in [0.2, 0.25) is 0 Å². The average molecular weight is 738 g/mol. The first kappa shape index (κ1) is 29.9. The van der Waals surface area contributed by atoms with Crippen LogP contribution in [0.5, 0.6) is 0 Å². The molecule has 1 aliphatic rings. The van der Waals surface area contributed by atoms with Crippen molar-refractivity contribution in [3.05, 3.63) is 145 Å². The van der Waals surface area contributed by atoms with E-state index in [4.69, 9.17) is 10.1 Å². The summed E-state index contributed by atoms with van der Waals surface area (Å²) in [6.45, 7) is 2.96. The number of aliphatic hydroxyl groups is 1. The zero-order valence-electron chi connectivity index (χ0n) is 23.9. The van der Waals surface area contributed by atoms with Gasteiger partial charge >= 0.3 is 0 Å². The van der Waals surface area contributed by atoms with E-state index in [0.717, 1.165) is 11.3 Å². The van der Waals surface area contributed by atoms with Gasteiger partial charge in [-0.15, -0.1) is 29.2 Å². The normalized spacial score (nSPS) is 11.6. The summed E-state index contributed by atoms with van der Waals surface area (Å²) >= 11 is 0. The maximum absolute atomic E-state index is 10.0. The first-order chi connectivity index (χ1) is 20.5. The van der Waals surface area contributed by atoms with E-state index < -0.39 is 0 Å². The monoisotopic (exact) mass is 737 g/mol. The molecule has 0 spiro atoms. The number of benzene rings is 5. The van der Waals surface area contributed by atoms with E-state index in [1.165, 1.54) is 69.3 Å². The minimum absolute atomic E-state index is 0. The molecule has 0 bridgehead atoms. The van der Waals surface area contributed by atoms with Crippen molar-refractivity contribution in [1.82, 2.24) is 4.98 Å². The van der Waals surface area contributed by atoms with E-state index in [-0.39, 0.29) is 39.3 Å². The number of nitrogens with zero attached hydrogens (tertiary/aromatic N) is 1. The standard InChI is InChI=1S/C33H21BN.C5H8O2.Pt/c1-2-10-24(11-3-1)28-15-6-7-17-30(28)34-31-18-9-21-35-33(31)29-20-19-25(22-32(29)34)27-16-8-13-23-12-4-5-14-26(23)27;1-4(6)3-5(2)7;/h1-19,21-22H;3,6H,1-2H3;/q-1;;/b;4-3-;.